The maximum Gasteiger partial charge on any atom is 0.0713 e. The van der Waals surface area contributed by atoms with Crippen LogP contribution in [0.2, 0.25) is 0 Å². The van der Waals surface area contributed by atoms with Gasteiger partial charge in [0, 0.05) is 0 Å². The Morgan fingerprint density at radius 1 is 0.444 bits per heavy atom. The minimum Gasteiger partial charge on any atom is -0.0622 e. The first kappa shape index (κ1) is 20.9. The second kappa shape index (κ2) is 8.07. The van der Waals surface area contributed by atoms with Gasteiger partial charge in [0.2, 0.25) is 0 Å². The fraction of sp³-hybridized carbons (Fsp3) is 0.0556. The highest BCUT2D eigenvalue weighted by Gasteiger charge is 2.46. The molecule has 36 heavy (non-hydrogen) atoms. The molecule has 0 aromatic heterocycles. The molecule has 0 amide bonds. The van der Waals surface area contributed by atoms with Crippen molar-refractivity contribution in [1.82, 2.24) is 0 Å². The zero-order valence-electron chi connectivity index (χ0n) is 20.3. The Morgan fingerprint density at radius 3 is 1.92 bits per heavy atom. The van der Waals surface area contributed by atoms with Crippen molar-refractivity contribution in [3.63, 3.8) is 0 Å². The van der Waals surface area contributed by atoms with Crippen molar-refractivity contribution in [3.8, 4) is 22.3 Å². The molecule has 1 unspecified atom stereocenters. The number of hydrogen-bond donors (Lipinski definition) is 0. The Balaban J connectivity index is 1.50. The van der Waals surface area contributed by atoms with Crippen LogP contribution in [-0.4, -0.2) is 0 Å². The minimum atomic E-state index is -0.351. The molecule has 0 saturated heterocycles. The van der Waals surface area contributed by atoms with Gasteiger partial charge in [-0.25, -0.2) is 0 Å². The molecule has 0 saturated carbocycles. The van der Waals surface area contributed by atoms with Gasteiger partial charge >= 0.3 is 0 Å². The molecule has 6 aromatic rings. The van der Waals surface area contributed by atoms with E-state index >= 15 is 0 Å². The Bertz CT molecular complexity index is 1720. The summed E-state index contributed by atoms with van der Waals surface area (Å²) in [6, 6.07) is 51.2. The summed E-state index contributed by atoms with van der Waals surface area (Å²) in [4.78, 5) is 0. The van der Waals surface area contributed by atoms with E-state index in [2.05, 4.69) is 146 Å². The van der Waals surface area contributed by atoms with Crippen LogP contribution in [-0.2, 0) is 5.41 Å². The molecule has 1 aliphatic carbocycles. The molecule has 0 spiro atoms. The minimum absolute atomic E-state index is 0.351. The average Bonchev–Trinajstić information content (AvgIpc) is 3.26. The average molecular weight is 459 g/mol. The van der Waals surface area contributed by atoms with E-state index < -0.39 is 0 Å². The van der Waals surface area contributed by atoms with Crippen LogP contribution < -0.4 is 0 Å². The molecule has 170 valence electrons. The van der Waals surface area contributed by atoms with Gasteiger partial charge in [0.05, 0.1) is 5.41 Å². The third-order valence-electron chi connectivity index (χ3n) is 7.90. The highest BCUT2D eigenvalue weighted by atomic mass is 14.5. The summed E-state index contributed by atoms with van der Waals surface area (Å²) in [6.07, 6.45) is 0. The van der Waals surface area contributed by atoms with E-state index in [-0.39, 0.29) is 5.41 Å². The molecule has 6 aromatic carbocycles. The van der Waals surface area contributed by atoms with E-state index in [9.17, 15) is 0 Å². The van der Waals surface area contributed by atoms with Gasteiger partial charge in [0.1, 0.15) is 0 Å². The molecule has 7 rings (SSSR count). The lowest BCUT2D eigenvalue weighted by molar-refractivity contribution is 0.768. The largest absolute Gasteiger partial charge is 0.0713 e. The van der Waals surface area contributed by atoms with Crippen molar-refractivity contribution in [2.24, 2.45) is 0 Å². The SMILES string of the molecule is Cc1cccc2c1-c1ccccc1C2(c1ccccc1)c1ccc(-c2cccc3ccccc23)cc1. The van der Waals surface area contributed by atoms with Gasteiger partial charge in [-0.1, -0.05) is 140 Å². The van der Waals surface area contributed by atoms with Crippen LogP contribution >= 0.6 is 0 Å². The standard InChI is InChI=1S/C36H26/c1-25-11-9-20-34-35(25)32-17-7-8-19-33(32)36(34,28-14-3-2-4-15-28)29-23-21-27(22-24-29)31-18-10-13-26-12-5-6-16-30(26)31/h2-24H,1H3. The van der Waals surface area contributed by atoms with Crippen molar-refractivity contribution in [2.45, 2.75) is 12.3 Å². The first-order valence-electron chi connectivity index (χ1n) is 12.6. The quantitative estimate of drug-likeness (QED) is 0.248. The van der Waals surface area contributed by atoms with Crippen LogP contribution in [0.5, 0.6) is 0 Å². The molecule has 0 fully saturated rings. The molecule has 0 bridgehead atoms. The molecular formula is C36H26. The van der Waals surface area contributed by atoms with Crippen LogP contribution in [0.4, 0.5) is 0 Å². The molecule has 0 nitrogen and oxygen atoms in total. The van der Waals surface area contributed by atoms with Crippen molar-refractivity contribution in [1.29, 1.82) is 0 Å². The molecule has 0 heterocycles. The number of fused-ring (bicyclic) bond motifs is 4. The summed E-state index contributed by atoms with van der Waals surface area (Å²) < 4.78 is 0. The molecule has 0 N–H and O–H groups in total. The highest BCUT2D eigenvalue weighted by Crippen LogP contribution is 2.56. The zero-order valence-corrected chi connectivity index (χ0v) is 20.3. The summed E-state index contributed by atoms with van der Waals surface area (Å²) in [6.45, 7) is 2.24. The Hall–Kier alpha value is -4.42. The molecule has 0 aliphatic heterocycles. The fourth-order valence-corrected chi connectivity index (χ4v) is 6.36. The van der Waals surface area contributed by atoms with Gasteiger partial charge < -0.3 is 0 Å². The topological polar surface area (TPSA) is 0 Å². The van der Waals surface area contributed by atoms with Crippen molar-refractivity contribution in [3.05, 3.63) is 167 Å². The van der Waals surface area contributed by atoms with Gasteiger partial charge in [-0.15, -0.1) is 0 Å². The normalized spacial score (nSPS) is 16.0. The van der Waals surface area contributed by atoms with Gasteiger partial charge in [0.15, 0.2) is 0 Å². The number of aryl methyl sites for hydroxylation is 1. The first-order valence-corrected chi connectivity index (χ1v) is 12.6. The summed E-state index contributed by atoms with van der Waals surface area (Å²) >= 11 is 0. The predicted octanol–water partition coefficient (Wildman–Crippen LogP) is 9.18. The van der Waals surface area contributed by atoms with E-state index in [4.69, 9.17) is 0 Å². The van der Waals surface area contributed by atoms with Crippen LogP contribution in [0.15, 0.2) is 140 Å². The smallest absolute Gasteiger partial charge is 0.0622 e. The lowest BCUT2D eigenvalue weighted by Crippen LogP contribution is -2.28. The first-order chi connectivity index (χ1) is 17.8. The van der Waals surface area contributed by atoms with Crippen molar-refractivity contribution < 1.29 is 0 Å². The van der Waals surface area contributed by atoms with Crippen molar-refractivity contribution in [2.75, 3.05) is 0 Å². The van der Waals surface area contributed by atoms with E-state index in [1.807, 2.05) is 0 Å². The molecule has 0 heteroatoms. The second-order valence-corrected chi connectivity index (χ2v) is 9.76. The maximum atomic E-state index is 2.35. The Labute approximate surface area is 212 Å². The van der Waals surface area contributed by atoms with E-state index in [1.165, 1.54) is 60.8 Å². The number of benzene rings is 6. The van der Waals surface area contributed by atoms with Crippen LogP contribution in [0.25, 0.3) is 33.0 Å². The summed E-state index contributed by atoms with van der Waals surface area (Å²) in [5.41, 5.74) is 11.5. The van der Waals surface area contributed by atoms with E-state index in [1.54, 1.807) is 0 Å². The summed E-state index contributed by atoms with van der Waals surface area (Å²) in [5.74, 6) is 0. The number of hydrogen-bond acceptors (Lipinski definition) is 0. The van der Waals surface area contributed by atoms with E-state index in [0.29, 0.717) is 0 Å². The molecule has 0 radical (unpaired) electrons. The molecule has 1 aliphatic rings. The third kappa shape index (κ3) is 2.88. The fourth-order valence-electron chi connectivity index (χ4n) is 6.36. The van der Waals surface area contributed by atoms with Crippen molar-refractivity contribution >= 4 is 10.8 Å². The van der Waals surface area contributed by atoms with Gasteiger partial charge in [-0.2, -0.15) is 0 Å². The third-order valence-corrected chi connectivity index (χ3v) is 7.90. The molecular weight excluding hydrogens is 432 g/mol. The zero-order chi connectivity index (χ0) is 24.1. The summed E-state index contributed by atoms with van der Waals surface area (Å²) in [7, 11) is 0. The van der Waals surface area contributed by atoms with Crippen LogP contribution in [0.1, 0.15) is 27.8 Å². The number of rotatable bonds is 3. The Kier molecular flexibility index (Phi) is 4.69. The van der Waals surface area contributed by atoms with Gasteiger partial charge in [-0.3, -0.25) is 0 Å². The lowest BCUT2D eigenvalue weighted by atomic mass is 9.67. The van der Waals surface area contributed by atoms with Gasteiger partial charge in [0.25, 0.3) is 0 Å². The Morgan fingerprint density at radius 2 is 1.06 bits per heavy atom. The molecule has 1 atom stereocenters. The van der Waals surface area contributed by atoms with E-state index in [0.717, 1.165) is 0 Å². The summed E-state index contributed by atoms with van der Waals surface area (Å²) in [5, 5.41) is 2.56. The van der Waals surface area contributed by atoms with Crippen LogP contribution in [0.3, 0.4) is 0 Å². The van der Waals surface area contributed by atoms with Crippen LogP contribution in [0, 0.1) is 6.92 Å². The lowest BCUT2D eigenvalue weighted by Gasteiger charge is -2.34. The van der Waals surface area contributed by atoms with Gasteiger partial charge in [-0.05, 0) is 67.8 Å². The predicted molar refractivity (Wildman–Crippen MR) is 151 cm³/mol. The maximum absolute atomic E-state index is 2.35. The highest BCUT2D eigenvalue weighted by molar-refractivity contribution is 5.97. The second-order valence-electron chi connectivity index (χ2n) is 9.76. The monoisotopic (exact) mass is 458 g/mol.